The molecule has 2 aromatic rings. The standard InChI is InChI=1S/C25H33N3O5S/c1-16-17(2)23(10-9-22(16)33-5)34(30,31)28-18(3)24(20-15-19(32-4)7-8-21(20)28)25(29)27-13-6-11-26-12-14-27/h7-10,15,18,24,26H,6,11-14H2,1-5H3/t18-,24+/m0/s1. The lowest BCUT2D eigenvalue weighted by atomic mass is 9.94. The predicted molar refractivity (Wildman–Crippen MR) is 131 cm³/mol. The highest BCUT2D eigenvalue weighted by molar-refractivity contribution is 7.93. The molecule has 2 aliphatic heterocycles. The fraction of sp³-hybridized carbons (Fsp3) is 0.480. The lowest BCUT2D eigenvalue weighted by Crippen LogP contribution is -2.44. The Morgan fingerprint density at radius 1 is 1.03 bits per heavy atom. The molecule has 4 rings (SSSR count). The Balaban J connectivity index is 1.82. The molecule has 0 bridgehead atoms. The fourth-order valence-corrected chi connectivity index (χ4v) is 7.03. The van der Waals surface area contributed by atoms with Crippen LogP contribution in [0.2, 0.25) is 0 Å². The van der Waals surface area contributed by atoms with Gasteiger partial charge in [-0.25, -0.2) is 8.42 Å². The van der Waals surface area contributed by atoms with E-state index in [9.17, 15) is 13.2 Å². The van der Waals surface area contributed by atoms with Gasteiger partial charge in [-0.3, -0.25) is 9.10 Å². The van der Waals surface area contributed by atoms with Gasteiger partial charge in [0, 0.05) is 19.6 Å². The van der Waals surface area contributed by atoms with Crippen molar-refractivity contribution in [3.63, 3.8) is 0 Å². The summed E-state index contributed by atoms with van der Waals surface area (Å²) in [6.07, 6.45) is 0.865. The van der Waals surface area contributed by atoms with Crippen molar-refractivity contribution in [2.75, 3.05) is 44.7 Å². The number of carbonyl (C=O) groups excluding carboxylic acids is 1. The molecule has 2 aromatic carbocycles. The third-order valence-electron chi connectivity index (χ3n) is 7.02. The van der Waals surface area contributed by atoms with E-state index >= 15 is 0 Å². The number of benzene rings is 2. The van der Waals surface area contributed by atoms with Crippen LogP contribution in [0.4, 0.5) is 5.69 Å². The van der Waals surface area contributed by atoms with E-state index < -0.39 is 22.0 Å². The quantitative estimate of drug-likeness (QED) is 0.698. The Morgan fingerprint density at radius 3 is 2.50 bits per heavy atom. The lowest BCUT2D eigenvalue weighted by Gasteiger charge is -2.30. The molecule has 0 aliphatic carbocycles. The van der Waals surface area contributed by atoms with Crippen molar-refractivity contribution >= 4 is 21.6 Å². The van der Waals surface area contributed by atoms with E-state index in [0.29, 0.717) is 41.4 Å². The summed E-state index contributed by atoms with van der Waals surface area (Å²) in [5.41, 5.74) is 2.61. The summed E-state index contributed by atoms with van der Waals surface area (Å²) in [6, 6.07) is 7.96. The van der Waals surface area contributed by atoms with E-state index in [-0.39, 0.29) is 10.8 Å². The number of ether oxygens (including phenoxy) is 2. The van der Waals surface area contributed by atoms with E-state index in [2.05, 4.69) is 5.32 Å². The van der Waals surface area contributed by atoms with Crippen molar-refractivity contribution in [2.45, 2.75) is 44.0 Å². The Hall–Kier alpha value is -2.78. The average Bonchev–Trinajstić information content (AvgIpc) is 2.96. The molecule has 34 heavy (non-hydrogen) atoms. The van der Waals surface area contributed by atoms with Gasteiger partial charge < -0.3 is 19.7 Å². The van der Waals surface area contributed by atoms with E-state index in [0.717, 1.165) is 25.1 Å². The maximum absolute atomic E-state index is 14.1. The zero-order chi connectivity index (χ0) is 24.6. The van der Waals surface area contributed by atoms with Crippen LogP contribution >= 0.6 is 0 Å². The number of hydrogen-bond donors (Lipinski definition) is 1. The van der Waals surface area contributed by atoms with Gasteiger partial charge in [-0.1, -0.05) is 0 Å². The predicted octanol–water partition coefficient (Wildman–Crippen LogP) is 2.82. The minimum Gasteiger partial charge on any atom is -0.497 e. The minimum atomic E-state index is -3.95. The lowest BCUT2D eigenvalue weighted by molar-refractivity contribution is -0.132. The topological polar surface area (TPSA) is 88.2 Å². The summed E-state index contributed by atoms with van der Waals surface area (Å²) in [7, 11) is -0.818. The summed E-state index contributed by atoms with van der Waals surface area (Å²) < 4.78 is 40.3. The summed E-state index contributed by atoms with van der Waals surface area (Å²) in [5, 5.41) is 3.32. The van der Waals surface area contributed by atoms with Crippen LogP contribution in [0.25, 0.3) is 0 Å². The molecule has 9 heteroatoms. The van der Waals surface area contributed by atoms with Crippen LogP contribution in [0.5, 0.6) is 11.5 Å². The Bertz CT molecular complexity index is 1190. The maximum Gasteiger partial charge on any atom is 0.264 e. The van der Waals surface area contributed by atoms with Gasteiger partial charge in [0.15, 0.2) is 0 Å². The second kappa shape index (κ2) is 9.46. The molecule has 8 nitrogen and oxygen atoms in total. The molecule has 2 heterocycles. The summed E-state index contributed by atoms with van der Waals surface area (Å²) >= 11 is 0. The maximum atomic E-state index is 14.1. The number of nitrogens with zero attached hydrogens (tertiary/aromatic N) is 2. The van der Waals surface area contributed by atoms with Gasteiger partial charge in [0.2, 0.25) is 5.91 Å². The van der Waals surface area contributed by atoms with Crippen molar-refractivity contribution in [1.82, 2.24) is 10.2 Å². The van der Waals surface area contributed by atoms with Gasteiger partial charge >= 0.3 is 0 Å². The van der Waals surface area contributed by atoms with Crippen LogP contribution in [-0.4, -0.2) is 65.7 Å². The van der Waals surface area contributed by atoms with E-state index in [1.807, 2.05) is 18.7 Å². The van der Waals surface area contributed by atoms with Crippen molar-refractivity contribution in [3.05, 3.63) is 47.0 Å². The molecule has 0 radical (unpaired) electrons. The first-order valence-corrected chi connectivity index (χ1v) is 13.0. The number of methoxy groups -OCH3 is 2. The summed E-state index contributed by atoms with van der Waals surface area (Å²) in [5.74, 6) is 0.569. The van der Waals surface area contributed by atoms with Gasteiger partial charge in [-0.2, -0.15) is 0 Å². The van der Waals surface area contributed by atoms with E-state index in [4.69, 9.17) is 9.47 Å². The first-order valence-electron chi connectivity index (χ1n) is 11.6. The molecule has 0 saturated carbocycles. The van der Waals surface area contributed by atoms with Crippen molar-refractivity contribution < 1.29 is 22.7 Å². The van der Waals surface area contributed by atoms with Crippen molar-refractivity contribution in [2.24, 2.45) is 0 Å². The molecule has 184 valence electrons. The highest BCUT2D eigenvalue weighted by Gasteiger charge is 2.47. The van der Waals surface area contributed by atoms with Gasteiger partial charge in [-0.05, 0) is 80.8 Å². The molecular formula is C25H33N3O5S. The molecule has 1 N–H and O–H groups in total. The number of amides is 1. The largest absolute Gasteiger partial charge is 0.497 e. The molecule has 2 aliphatic rings. The highest BCUT2D eigenvalue weighted by atomic mass is 32.2. The van der Waals surface area contributed by atoms with E-state index in [1.54, 1.807) is 51.5 Å². The Labute approximate surface area is 201 Å². The number of rotatable bonds is 5. The van der Waals surface area contributed by atoms with Crippen molar-refractivity contribution in [3.8, 4) is 11.5 Å². The third-order valence-corrected chi connectivity index (χ3v) is 9.07. The monoisotopic (exact) mass is 487 g/mol. The molecule has 0 spiro atoms. The second-order valence-corrected chi connectivity index (χ2v) is 10.7. The molecule has 2 atom stereocenters. The smallest absolute Gasteiger partial charge is 0.264 e. The molecule has 1 saturated heterocycles. The number of anilines is 1. The van der Waals surface area contributed by atoms with Gasteiger partial charge in [0.1, 0.15) is 11.5 Å². The number of carbonyl (C=O) groups is 1. The molecule has 1 fully saturated rings. The van der Waals surface area contributed by atoms with Crippen molar-refractivity contribution in [1.29, 1.82) is 0 Å². The van der Waals surface area contributed by atoms with Crippen LogP contribution < -0.4 is 19.1 Å². The Morgan fingerprint density at radius 2 is 1.79 bits per heavy atom. The van der Waals surface area contributed by atoms with Crippen LogP contribution in [0.15, 0.2) is 35.2 Å². The summed E-state index contributed by atoms with van der Waals surface area (Å²) in [4.78, 5) is 15.8. The first kappa shape index (κ1) is 24.3. The number of sulfonamides is 1. The minimum absolute atomic E-state index is 0.0500. The first-order chi connectivity index (χ1) is 16.2. The number of fused-ring (bicyclic) bond motifs is 1. The highest BCUT2D eigenvalue weighted by Crippen LogP contribution is 2.47. The van der Waals surface area contributed by atoms with Crippen LogP contribution in [-0.2, 0) is 14.8 Å². The third kappa shape index (κ3) is 4.01. The zero-order valence-corrected chi connectivity index (χ0v) is 21.2. The normalized spacial score (nSPS) is 20.6. The van der Waals surface area contributed by atoms with E-state index in [1.165, 1.54) is 4.31 Å². The average molecular weight is 488 g/mol. The SMILES string of the molecule is COc1ccc2c(c1)[C@H](C(=O)N1CCCNCC1)[C@H](C)N2S(=O)(=O)c1ccc(OC)c(C)c1C. The Kier molecular flexibility index (Phi) is 6.78. The van der Waals surface area contributed by atoms with Crippen LogP contribution in [0.1, 0.15) is 36.0 Å². The van der Waals surface area contributed by atoms with Crippen LogP contribution in [0, 0.1) is 13.8 Å². The zero-order valence-electron chi connectivity index (χ0n) is 20.4. The number of hydrogen-bond acceptors (Lipinski definition) is 6. The number of nitrogens with one attached hydrogen (secondary N) is 1. The molecule has 0 aromatic heterocycles. The van der Waals surface area contributed by atoms with Gasteiger partial charge in [0.05, 0.1) is 36.8 Å². The van der Waals surface area contributed by atoms with Gasteiger partial charge in [-0.15, -0.1) is 0 Å². The van der Waals surface area contributed by atoms with Gasteiger partial charge in [0.25, 0.3) is 10.0 Å². The fourth-order valence-electron chi connectivity index (χ4n) is 5.05. The summed E-state index contributed by atoms with van der Waals surface area (Å²) in [6.45, 7) is 8.29. The molecule has 0 unspecified atom stereocenters. The van der Waals surface area contributed by atoms with Crippen LogP contribution in [0.3, 0.4) is 0 Å². The molecule has 1 amide bonds. The molecular weight excluding hydrogens is 454 g/mol. The second-order valence-electron chi connectivity index (χ2n) is 8.89.